The number of esters is 2. The van der Waals surface area contributed by atoms with Gasteiger partial charge in [-0.05, 0) is 30.5 Å². The molecular weight excluding hydrogens is 256 g/mol. The van der Waals surface area contributed by atoms with Crippen molar-refractivity contribution in [1.82, 2.24) is 0 Å². The molecule has 0 saturated heterocycles. The fraction of sp³-hybridized carbons (Fsp3) is 0.375. The summed E-state index contributed by atoms with van der Waals surface area (Å²) in [4.78, 5) is 24.0. The van der Waals surface area contributed by atoms with E-state index >= 15 is 0 Å². The van der Waals surface area contributed by atoms with Gasteiger partial charge in [0.05, 0.1) is 24.3 Å². The molecular formula is C16H20O4. The summed E-state index contributed by atoms with van der Waals surface area (Å²) in [5, 5.41) is 0. The molecule has 0 atom stereocenters. The summed E-state index contributed by atoms with van der Waals surface area (Å²) in [6.07, 6.45) is 3.06. The quantitative estimate of drug-likeness (QED) is 0.716. The minimum absolute atomic E-state index is 0.219. The number of hydrogen-bond acceptors (Lipinski definition) is 4. The van der Waals surface area contributed by atoms with Crippen LogP contribution < -0.4 is 0 Å². The number of benzene rings is 1. The molecule has 4 nitrogen and oxygen atoms in total. The molecule has 0 aliphatic rings. The normalized spacial score (nSPS) is 9.90. The highest BCUT2D eigenvalue weighted by Gasteiger charge is 2.19. The first-order chi connectivity index (χ1) is 9.63. The van der Waals surface area contributed by atoms with Crippen LogP contribution in [0.4, 0.5) is 0 Å². The molecule has 0 amide bonds. The van der Waals surface area contributed by atoms with Crippen LogP contribution >= 0.6 is 0 Å². The Bertz CT molecular complexity index is 491. The molecule has 0 bridgehead atoms. The van der Waals surface area contributed by atoms with Crippen LogP contribution in [-0.4, -0.2) is 25.2 Å². The van der Waals surface area contributed by atoms with Gasteiger partial charge < -0.3 is 9.47 Å². The van der Waals surface area contributed by atoms with Gasteiger partial charge in [0.15, 0.2) is 0 Å². The van der Waals surface area contributed by atoms with Crippen molar-refractivity contribution in [1.29, 1.82) is 0 Å². The van der Waals surface area contributed by atoms with Crippen LogP contribution in [0.3, 0.4) is 0 Å². The molecule has 0 aliphatic carbocycles. The van der Waals surface area contributed by atoms with Crippen LogP contribution in [0.5, 0.6) is 0 Å². The number of carbonyl (C=O) groups excluding carboxylic acids is 2. The van der Waals surface area contributed by atoms with Gasteiger partial charge in [0, 0.05) is 0 Å². The maximum absolute atomic E-state index is 12.0. The molecule has 0 radical (unpaired) electrons. The standard InChI is InChI=1S/C16H20O4/c1-4-9-19-15(17)13-8-7-12(6-3)11-14(13)16(18)20-10-5-2/h6-8,11H,3-5,9-10H2,1-2H3. The summed E-state index contributed by atoms with van der Waals surface area (Å²) in [6, 6.07) is 4.87. The number of rotatable bonds is 7. The lowest BCUT2D eigenvalue weighted by Gasteiger charge is -2.10. The predicted molar refractivity (Wildman–Crippen MR) is 77.7 cm³/mol. The van der Waals surface area contributed by atoms with E-state index in [4.69, 9.17) is 9.47 Å². The Labute approximate surface area is 119 Å². The Morgan fingerprint density at radius 2 is 1.60 bits per heavy atom. The zero-order chi connectivity index (χ0) is 15.0. The molecule has 108 valence electrons. The van der Waals surface area contributed by atoms with E-state index < -0.39 is 11.9 Å². The Morgan fingerprint density at radius 3 is 2.10 bits per heavy atom. The second kappa shape index (κ2) is 8.15. The summed E-state index contributed by atoms with van der Waals surface area (Å²) in [7, 11) is 0. The van der Waals surface area contributed by atoms with E-state index in [-0.39, 0.29) is 11.1 Å². The second-order valence-corrected chi connectivity index (χ2v) is 4.28. The summed E-state index contributed by atoms with van der Waals surface area (Å²) in [6.45, 7) is 8.11. The van der Waals surface area contributed by atoms with Gasteiger partial charge in [0.2, 0.25) is 0 Å². The third-order valence-electron chi connectivity index (χ3n) is 2.59. The van der Waals surface area contributed by atoms with E-state index in [0.717, 1.165) is 18.4 Å². The van der Waals surface area contributed by atoms with Gasteiger partial charge in [0.1, 0.15) is 0 Å². The lowest BCUT2D eigenvalue weighted by atomic mass is 10.0. The Balaban J connectivity index is 3.06. The van der Waals surface area contributed by atoms with Crippen molar-refractivity contribution in [3.8, 4) is 0 Å². The molecule has 0 fully saturated rings. The molecule has 1 aromatic carbocycles. The second-order valence-electron chi connectivity index (χ2n) is 4.28. The molecule has 1 aromatic rings. The smallest absolute Gasteiger partial charge is 0.339 e. The minimum Gasteiger partial charge on any atom is -0.462 e. The van der Waals surface area contributed by atoms with Crippen molar-refractivity contribution in [3.63, 3.8) is 0 Å². The summed E-state index contributed by atoms with van der Waals surface area (Å²) < 4.78 is 10.2. The number of carbonyl (C=O) groups is 2. The molecule has 1 rings (SSSR count). The molecule has 0 saturated carbocycles. The van der Waals surface area contributed by atoms with Crippen LogP contribution in [0.1, 0.15) is 53.0 Å². The average Bonchev–Trinajstić information content (AvgIpc) is 2.49. The first-order valence-electron chi connectivity index (χ1n) is 6.74. The topological polar surface area (TPSA) is 52.6 Å². The third-order valence-corrected chi connectivity index (χ3v) is 2.59. The number of ether oxygens (including phenoxy) is 2. The van der Waals surface area contributed by atoms with Gasteiger partial charge in [-0.15, -0.1) is 0 Å². The lowest BCUT2D eigenvalue weighted by Crippen LogP contribution is -2.15. The molecule has 0 N–H and O–H groups in total. The molecule has 0 spiro atoms. The van der Waals surface area contributed by atoms with Gasteiger partial charge in [-0.2, -0.15) is 0 Å². The van der Waals surface area contributed by atoms with Gasteiger partial charge >= 0.3 is 11.9 Å². The fourth-order valence-electron chi connectivity index (χ4n) is 1.58. The van der Waals surface area contributed by atoms with Crippen molar-refractivity contribution in [3.05, 3.63) is 41.5 Å². The van der Waals surface area contributed by atoms with Crippen LogP contribution in [0.25, 0.3) is 6.08 Å². The van der Waals surface area contributed by atoms with Gasteiger partial charge in [0.25, 0.3) is 0 Å². The Morgan fingerprint density at radius 1 is 1.05 bits per heavy atom. The van der Waals surface area contributed by atoms with Gasteiger partial charge in [-0.1, -0.05) is 32.6 Å². The van der Waals surface area contributed by atoms with Crippen molar-refractivity contribution in [2.75, 3.05) is 13.2 Å². The minimum atomic E-state index is -0.515. The highest BCUT2D eigenvalue weighted by molar-refractivity contribution is 6.03. The molecule has 0 heterocycles. The van der Waals surface area contributed by atoms with Crippen molar-refractivity contribution in [2.45, 2.75) is 26.7 Å². The molecule has 0 aromatic heterocycles. The van der Waals surface area contributed by atoms with E-state index in [0.29, 0.717) is 13.2 Å². The number of hydrogen-bond donors (Lipinski definition) is 0. The summed E-state index contributed by atoms with van der Waals surface area (Å²) in [5.74, 6) is -1.02. The largest absolute Gasteiger partial charge is 0.462 e. The van der Waals surface area contributed by atoms with Gasteiger partial charge in [-0.3, -0.25) is 0 Å². The SMILES string of the molecule is C=Cc1ccc(C(=O)OCCC)c(C(=O)OCCC)c1. The zero-order valence-corrected chi connectivity index (χ0v) is 12.0. The maximum atomic E-state index is 12.0. The van der Waals surface area contributed by atoms with E-state index in [1.807, 2.05) is 13.8 Å². The molecule has 4 heteroatoms. The molecule has 20 heavy (non-hydrogen) atoms. The molecule has 0 unspecified atom stereocenters. The Hall–Kier alpha value is -2.10. The van der Waals surface area contributed by atoms with Crippen LogP contribution in [0.2, 0.25) is 0 Å². The predicted octanol–water partition coefficient (Wildman–Crippen LogP) is 3.46. The maximum Gasteiger partial charge on any atom is 0.339 e. The van der Waals surface area contributed by atoms with Crippen LogP contribution in [0, 0.1) is 0 Å². The molecule has 0 aliphatic heterocycles. The van der Waals surface area contributed by atoms with Crippen LogP contribution in [0.15, 0.2) is 24.8 Å². The summed E-state index contributed by atoms with van der Waals surface area (Å²) >= 11 is 0. The highest BCUT2D eigenvalue weighted by atomic mass is 16.5. The van der Waals surface area contributed by atoms with Gasteiger partial charge in [-0.25, -0.2) is 9.59 Å². The zero-order valence-electron chi connectivity index (χ0n) is 12.0. The fourth-order valence-corrected chi connectivity index (χ4v) is 1.58. The van der Waals surface area contributed by atoms with Crippen molar-refractivity contribution < 1.29 is 19.1 Å². The summed E-state index contributed by atoms with van der Waals surface area (Å²) in [5.41, 5.74) is 1.20. The lowest BCUT2D eigenvalue weighted by molar-refractivity contribution is 0.0458. The van der Waals surface area contributed by atoms with E-state index in [2.05, 4.69) is 6.58 Å². The van der Waals surface area contributed by atoms with E-state index in [1.165, 1.54) is 0 Å². The first-order valence-corrected chi connectivity index (χ1v) is 6.74. The van der Waals surface area contributed by atoms with Crippen LogP contribution in [-0.2, 0) is 9.47 Å². The van der Waals surface area contributed by atoms with E-state index in [9.17, 15) is 9.59 Å². The van der Waals surface area contributed by atoms with Crippen molar-refractivity contribution >= 4 is 18.0 Å². The van der Waals surface area contributed by atoms with E-state index in [1.54, 1.807) is 24.3 Å². The van der Waals surface area contributed by atoms with Crippen molar-refractivity contribution in [2.24, 2.45) is 0 Å². The third kappa shape index (κ3) is 4.23. The first kappa shape index (κ1) is 16.0. The Kier molecular flexibility index (Phi) is 6.50. The average molecular weight is 276 g/mol. The monoisotopic (exact) mass is 276 g/mol. The highest BCUT2D eigenvalue weighted by Crippen LogP contribution is 2.16.